The Morgan fingerprint density at radius 3 is 1.72 bits per heavy atom. The largest absolute Gasteiger partial charge is 0.456 e. The quantitative estimate of drug-likeness (QED) is 0.154. The number of hydrogen-bond acceptors (Lipinski definition) is 3. The van der Waals surface area contributed by atoms with Crippen molar-refractivity contribution in [3.05, 3.63) is 51.3 Å². The van der Waals surface area contributed by atoms with Gasteiger partial charge in [-0.2, -0.15) is 0 Å². The van der Waals surface area contributed by atoms with Gasteiger partial charge in [0.2, 0.25) is 0 Å². The first-order valence-electron chi connectivity index (χ1n) is 7.82. The Balaban J connectivity index is 2.69. The number of nitrogens with zero attached hydrogens (tertiary/aromatic N) is 1. The molecule has 0 saturated heterocycles. The van der Waals surface area contributed by atoms with Crippen molar-refractivity contribution in [3.8, 4) is 0 Å². The third-order valence-corrected chi connectivity index (χ3v) is 4.14. The molecule has 0 atom stereocenters. The van der Waals surface area contributed by atoms with Crippen LogP contribution in [0.3, 0.4) is 0 Å². The first-order chi connectivity index (χ1) is 13.3. The van der Waals surface area contributed by atoms with Crippen LogP contribution in [-0.4, -0.2) is 16.6 Å². The van der Waals surface area contributed by atoms with Crippen LogP contribution in [0.1, 0.15) is 31.1 Å². The molecule has 0 aliphatic rings. The molecule has 11 heteroatoms. The highest BCUT2D eigenvalue weighted by Gasteiger charge is 2.33. The predicted molar refractivity (Wildman–Crippen MR) is 89.1 cm³/mol. The van der Waals surface area contributed by atoms with Crippen LogP contribution in [0.2, 0.25) is 5.02 Å². The van der Waals surface area contributed by atoms with Gasteiger partial charge >= 0.3 is 5.97 Å². The first kappa shape index (κ1) is 21.1. The van der Waals surface area contributed by atoms with Crippen molar-refractivity contribution >= 4 is 39.4 Å². The molecule has 1 heterocycles. The van der Waals surface area contributed by atoms with Gasteiger partial charge in [0.15, 0.2) is 40.7 Å². The lowest BCUT2D eigenvalue weighted by atomic mass is 10.00. The Kier molecular flexibility index (Phi) is 4.89. The summed E-state index contributed by atoms with van der Waals surface area (Å²) in [6.45, 7) is 4.08. The van der Waals surface area contributed by atoms with Gasteiger partial charge in [-0.15, -0.1) is 0 Å². The number of aromatic nitrogens is 1. The van der Waals surface area contributed by atoms with E-state index in [9.17, 15) is 35.5 Å². The van der Waals surface area contributed by atoms with Crippen LogP contribution in [0, 0.1) is 40.7 Å². The number of halogens is 8. The molecule has 0 aliphatic carbocycles. The van der Waals surface area contributed by atoms with Gasteiger partial charge < -0.3 is 4.74 Å². The van der Waals surface area contributed by atoms with Gasteiger partial charge in [0.1, 0.15) is 21.7 Å². The highest BCUT2D eigenvalue weighted by Crippen LogP contribution is 2.38. The number of carbonyl (C=O) groups is 1. The average Bonchev–Trinajstić information content (AvgIpc) is 2.64. The summed E-state index contributed by atoms with van der Waals surface area (Å²) in [6.07, 6.45) is 0. The summed E-state index contributed by atoms with van der Waals surface area (Å²) in [4.78, 5) is 15.8. The fourth-order valence-electron chi connectivity index (χ4n) is 2.68. The molecule has 0 unspecified atom stereocenters. The topological polar surface area (TPSA) is 39.2 Å². The van der Waals surface area contributed by atoms with Crippen LogP contribution in [0.25, 0.3) is 21.8 Å². The summed E-state index contributed by atoms with van der Waals surface area (Å²) in [7, 11) is 0. The molecule has 1 aromatic heterocycles. The number of hydrogen-bond donors (Lipinski definition) is 0. The number of fused-ring (bicyclic) bond motifs is 2. The fraction of sp³-hybridized carbons (Fsp3) is 0.222. The average molecular weight is 440 g/mol. The lowest BCUT2D eigenvalue weighted by Gasteiger charge is -2.21. The lowest BCUT2D eigenvalue weighted by Crippen LogP contribution is -2.25. The maximum Gasteiger partial charge on any atom is 0.340 e. The van der Waals surface area contributed by atoms with Crippen LogP contribution >= 0.6 is 11.6 Å². The molecule has 0 amide bonds. The third-order valence-electron chi connectivity index (χ3n) is 3.81. The molecule has 0 fully saturated rings. The zero-order valence-electron chi connectivity index (χ0n) is 14.8. The van der Waals surface area contributed by atoms with Crippen LogP contribution < -0.4 is 0 Å². The Hall–Kier alpha value is -2.62. The van der Waals surface area contributed by atoms with Crippen LogP contribution in [0.5, 0.6) is 0 Å². The van der Waals surface area contributed by atoms with E-state index in [1.807, 2.05) is 0 Å². The lowest BCUT2D eigenvalue weighted by molar-refractivity contribution is 0.00733. The molecule has 3 nitrogen and oxygen atoms in total. The zero-order valence-corrected chi connectivity index (χ0v) is 15.5. The van der Waals surface area contributed by atoms with Crippen LogP contribution in [0.15, 0.2) is 0 Å². The molecular weight excluding hydrogens is 431 g/mol. The Labute approximate surface area is 163 Å². The van der Waals surface area contributed by atoms with Gasteiger partial charge in [0, 0.05) is 0 Å². The second-order valence-electron chi connectivity index (χ2n) is 6.95. The summed E-state index contributed by atoms with van der Waals surface area (Å²) in [5, 5.41) is -3.91. The molecule has 0 radical (unpaired) electrons. The van der Waals surface area contributed by atoms with Crippen molar-refractivity contribution in [2.24, 2.45) is 0 Å². The maximum atomic E-state index is 14.7. The molecule has 2 aromatic carbocycles. The van der Waals surface area contributed by atoms with Gasteiger partial charge in [0.05, 0.1) is 16.3 Å². The van der Waals surface area contributed by atoms with Crippen molar-refractivity contribution in [2.75, 3.05) is 0 Å². The van der Waals surface area contributed by atoms with E-state index in [4.69, 9.17) is 16.3 Å². The van der Waals surface area contributed by atoms with E-state index in [1.165, 1.54) is 20.8 Å². The number of ether oxygens (including phenoxy) is 1. The smallest absolute Gasteiger partial charge is 0.340 e. The molecule has 3 aromatic rings. The second kappa shape index (κ2) is 6.72. The molecule has 29 heavy (non-hydrogen) atoms. The number of benzene rings is 2. The monoisotopic (exact) mass is 439 g/mol. The third kappa shape index (κ3) is 3.15. The molecular formula is C18H9ClF7NO2. The molecule has 0 saturated carbocycles. The van der Waals surface area contributed by atoms with Crippen molar-refractivity contribution in [1.82, 2.24) is 4.98 Å². The van der Waals surface area contributed by atoms with E-state index in [0.29, 0.717) is 0 Å². The predicted octanol–water partition coefficient (Wildman–Crippen LogP) is 5.97. The molecule has 0 bridgehead atoms. The number of rotatable bonds is 1. The van der Waals surface area contributed by atoms with Crippen molar-refractivity contribution < 1.29 is 40.3 Å². The highest BCUT2D eigenvalue weighted by molar-refractivity contribution is 6.32. The van der Waals surface area contributed by atoms with E-state index in [0.717, 1.165) is 0 Å². The summed E-state index contributed by atoms with van der Waals surface area (Å²) < 4.78 is 104. The number of esters is 1. The first-order valence-corrected chi connectivity index (χ1v) is 8.20. The van der Waals surface area contributed by atoms with E-state index in [2.05, 4.69) is 4.98 Å². The van der Waals surface area contributed by atoms with Crippen LogP contribution in [-0.2, 0) is 4.74 Å². The summed E-state index contributed by atoms with van der Waals surface area (Å²) in [5.41, 5.74) is -5.16. The molecule has 0 spiro atoms. The SMILES string of the molecule is CC(C)(C)OC(=O)c1c2c(F)c(F)c(F)c(F)c2nc2c(F)c(F)c(Cl)c(F)c12. The van der Waals surface area contributed by atoms with Gasteiger partial charge in [-0.25, -0.2) is 40.5 Å². The van der Waals surface area contributed by atoms with Crippen molar-refractivity contribution in [1.29, 1.82) is 0 Å². The van der Waals surface area contributed by atoms with Crippen LogP contribution in [0.4, 0.5) is 30.7 Å². The van der Waals surface area contributed by atoms with E-state index in [1.54, 1.807) is 0 Å². The number of pyridine rings is 1. The van der Waals surface area contributed by atoms with Gasteiger partial charge in [-0.1, -0.05) is 11.6 Å². The number of carbonyl (C=O) groups excluding carboxylic acids is 1. The second-order valence-corrected chi connectivity index (χ2v) is 7.33. The minimum absolute atomic E-state index is 1.18. The van der Waals surface area contributed by atoms with E-state index in [-0.39, 0.29) is 0 Å². The minimum atomic E-state index is -2.32. The summed E-state index contributed by atoms with van der Waals surface area (Å²) in [5.74, 6) is -16.0. The molecule has 0 N–H and O–H groups in total. The Bertz CT molecular complexity index is 1140. The fourth-order valence-corrected chi connectivity index (χ4v) is 2.85. The minimum Gasteiger partial charge on any atom is -0.456 e. The van der Waals surface area contributed by atoms with Crippen molar-refractivity contribution in [3.63, 3.8) is 0 Å². The van der Waals surface area contributed by atoms with Gasteiger partial charge in [0.25, 0.3) is 0 Å². The maximum absolute atomic E-state index is 14.7. The van der Waals surface area contributed by atoms with E-state index < -0.39 is 84.7 Å². The summed E-state index contributed by atoms with van der Waals surface area (Å²) >= 11 is 5.38. The molecule has 3 rings (SSSR count). The highest BCUT2D eigenvalue weighted by atomic mass is 35.5. The molecule has 154 valence electrons. The zero-order chi connectivity index (χ0) is 22.0. The molecule has 0 aliphatic heterocycles. The van der Waals surface area contributed by atoms with Gasteiger partial charge in [-0.05, 0) is 20.8 Å². The Morgan fingerprint density at radius 2 is 1.21 bits per heavy atom. The van der Waals surface area contributed by atoms with Crippen molar-refractivity contribution in [2.45, 2.75) is 26.4 Å². The normalized spacial score (nSPS) is 12.1. The standard InChI is InChI=1S/C18H9ClF7NO2/c1-18(2,3)29-17(28)4-5-8(20)7(19)10(22)13(25)15(5)27-16-6(4)9(21)11(23)12(24)14(16)26/h1-3H3. The van der Waals surface area contributed by atoms with Gasteiger partial charge in [-0.3, -0.25) is 0 Å². The Morgan fingerprint density at radius 1 is 0.759 bits per heavy atom. The summed E-state index contributed by atoms with van der Waals surface area (Å²) in [6, 6.07) is 0. The van der Waals surface area contributed by atoms with E-state index >= 15 is 0 Å².